The molecule has 5 N–H and O–H groups in total. The number of aliphatic hydroxyl groups excluding tert-OH is 1. The first kappa shape index (κ1) is 11.7. The Morgan fingerprint density at radius 1 is 1.44 bits per heavy atom. The van der Waals surface area contributed by atoms with Gasteiger partial charge in [-0.2, -0.15) is 0 Å². The Morgan fingerprint density at radius 3 is 2.81 bits per heavy atom. The molecule has 1 aromatic carbocycles. The third-order valence-electron chi connectivity index (χ3n) is 1.80. The molecule has 0 aliphatic rings. The standard InChI is InChI=1S/C10H10N2O4/c13-9(11-15)5-4-7-2-1-3-8(6-7)10(14)12-16/h1-6,15-16H,(H,11,13)(H,12,14)/p+1/b5-4+. The van der Waals surface area contributed by atoms with Crippen molar-refractivity contribution in [1.82, 2.24) is 5.48 Å². The van der Waals surface area contributed by atoms with Crippen LogP contribution in [0.4, 0.5) is 0 Å². The fourth-order valence-electron chi connectivity index (χ4n) is 1.06. The van der Waals surface area contributed by atoms with E-state index in [1.807, 2.05) is 0 Å². The van der Waals surface area contributed by atoms with Gasteiger partial charge in [0, 0.05) is 6.08 Å². The number of carbonyl (C=O) groups excluding carboxylic acids is 1. The van der Waals surface area contributed by atoms with Gasteiger partial charge in [0.2, 0.25) is 0 Å². The van der Waals surface area contributed by atoms with Gasteiger partial charge in [0.05, 0.1) is 5.56 Å². The Morgan fingerprint density at radius 2 is 2.19 bits per heavy atom. The van der Waals surface area contributed by atoms with E-state index in [9.17, 15) is 9.90 Å². The first-order valence-electron chi connectivity index (χ1n) is 4.36. The van der Waals surface area contributed by atoms with Crippen molar-refractivity contribution in [3.63, 3.8) is 0 Å². The highest BCUT2D eigenvalue weighted by Gasteiger charge is 2.06. The van der Waals surface area contributed by atoms with Crippen molar-refractivity contribution in [3.8, 4) is 0 Å². The molecule has 0 heterocycles. The lowest BCUT2D eigenvalue weighted by Gasteiger charge is -1.95. The Labute approximate surface area is 91.1 Å². The fraction of sp³-hybridized carbons (Fsp3) is 0. The average Bonchev–Trinajstić information content (AvgIpc) is 2.35. The summed E-state index contributed by atoms with van der Waals surface area (Å²) in [5.41, 5.74) is 2.45. The predicted molar refractivity (Wildman–Crippen MR) is 54.9 cm³/mol. The summed E-state index contributed by atoms with van der Waals surface area (Å²) in [6, 6.07) is 6.44. The van der Waals surface area contributed by atoms with Crippen LogP contribution in [0.1, 0.15) is 11.1 Å². The lowest BCUT2D eigenvalue weighted by Crippen LogP contribution is -2.69. The van der Waals surface area contributed by atoms with E-state index >= 15 is 0 Å². The van der Waals surface area contributed by atoms with Crippen molar-refractivity contribution in [2.75, 3.05) is 0 Å². The minimum atomic E-state index is -0.654. The molecule has 0 bridgehead atoms. The van der Waals surface area contributed by atoms with E-state index in [-0.39, 0.29) is 5.90 Å². The normalized spacial score (nSPS) is 11.7. The molecule has 6 heteroatoms. The second-order valence-electron chi connectivity index (χ2n) is 2.90. The topological polar surface area (TPSA) is 104 Å². The van der Waals surface area contributed by atoms with Crippen molar-refractivity contribution >= 4 is 17.9 Å². The first-order valence-corrected chi connectivity index (χ1v) is 4.36. The molecule has 0 radical (unpaired) electrons. The summed E-state index contributed by atoms with van der Waals surface area (Å²) in [5.74, 6) is -1.04. The van der Waals surface area contributed by atoms with Crippen LogP contribution in [0.3, 0.4) is 0 Å². The third-order valence-corrected chi connectivity index (χ3v) is 1.80. The molecule has 0 saturated heterocycles. The summed E-state index contributed by atoms with van der Waals surface area (Å²) in [6.45, 7) is 0. The molecular weight excluding hydrogens is 212 g/mol. The second kappa shape index (κ2) is 5.52. The van der Waals surface area contributed by atoms with Crippen LogP contribution in [0.25, 0.3) is 6.08 Å². The molecule has 0 aliphatic heterocycles. The van der Waals surface area contributed by atoms with E-state index in [1.54, 1.807) is 29.4 Å². The number of hydrogen-bond acceptors (Lipinski definition) is 3. The lowest BCUT2D eigenvalue weighted by molar-refractivity contribution is -0.742. The van der Waals surface area contributed by atoms with Gasteiger partial charge in [0.15, 0.2) is 0 Å². The van der Waals surface area contributed by atoms with Crippen LogP contribution in [0.15, 0.2) is 30.3 Å². The van der Waals surface area contributed by atoms with Gasteiger partial charge in [0.25, 0.3) is 5.91 Å². The molecule has 1 rings (SSSR count). The second-order valence-corrected chi connectivity index (χ2v) is 2.90. The SMILES string of the molecule is O=C(/C=C/c1cccc(C(O)=[NH+]O)c1)NO. The molecular formula is C10H11N2O4+. The van der Waals surface area contributed by atoms with E-state index in [2.05, 4.69) is 0 Å². The minimum Gasteiger partial charge on any atom is -0.457 e. The number of carbonyl (C=O) groups is 1. The maximum atomic E-state index is 10.7. The van der Waals surface area contributed by atoms with Gasteiger partial charge in [-0.25, -0.2) is 5.48 Å². The van der Waals surface area contributed by atoms with Crippen LogP contribution in [0.2, 0.25) is 0 Å². The fourth-order valence-corrected chi connectivity index (χ4v) is 1.06. The van der Waals surface area contributed by atoms with Crippen LogP contribution < -0.4 is 10.6 Å². The first-order chi connectivity index (χ1) is 7.67. The van der Waals surface area contributed by atoms with Gasteiger partial charge in [0.1, 0.15) is 0 Å². The van der Waals surface area contributed by atoms with Gasteiger partial charge in [-0.3, -0.25) is 15.2 Å². The van der Waals surface area contributed by atoms with Crippen LogP contribution >= 0.6 is 0 Å². The van der Waals surface area contributed by atoms with Crippen molar-refractivity contribution in [3.05, 3.63) is 41.5 Å². The van der Waals surface area contributed by atoms with E-state index in [0.717, 1.165) is 6.08 Å². The lowest BCUT2D eigenvalue weighted by atomic mass is 10.1. The Hall–Kier alpha value is -2.34. The smallest absolute Gasteiger partial charge is 0.413 e. The summed E-state index contributed by atoms with van der Waals surface area (Å²) in [6.07, 6.45) is 2.57. The van der Waals surface area contributed by atoms with E-state index in [4.69, 9.17) is 10.4 Å². The molecule has 0 spiro atoms. The highest BCUT2D eigenvalue weighted by atomic mass is 16.5. The van der Waals surface area contributed by atoms with Crippen molar-refractivity contribution in [2.45, 2.75) is 0 Å². The highest BCUT2D eigenvalue weighted by molar-refractivity contribution is 5.92. The summed E-state index contributed by atoms with van der Waals surface area (Å²) in [4.78, 5) is 10.7. The molecule has 0 unspecified atom stereocenters. The van der Waals surface area contributed by atoms with Gasteiger partial charge >= 0.3 is 5.90 Å². The quantitative estimate of drug-likeness (QED) is 0.113. The van der Waals surface area contributed by atoms with Gasteiger partial charge in [-0.15, -0.1) is 0 Å². The summed E-state index contributed by atoms with van der Waals surface area (Å²) < 4.78 is 0. The molecule has 0 aromatic heterocycles. The summed E-state index contributed by atoms with van der Waals surface area (Å²) in [7, 11) is 0. The summed E-state index contributed by atoms with van der Waals surface area (Å²) >= 11 is 0. The number of amides is 1. The Bertz CT molecular complexity index is 440. The number of nitrogens with one attached hydrogen (secondary N) is 2. The molecule has 84 valence electrons. The zero-order chi connectivity index (χ0) is 12.0. The largest absolute Gasteiger partial charge is 0.457 e. The average molecular weight is 223 g/mol. The molecule has 1 aromatic rings. The monoisotopic (exact) mass is 223 g/mol. The molecule has 0 aliphatic carbocycles. The van der Waals surface area contributed by atoms with E-state index in [1.165, 1.54) is 11.6 Å². The molecule has 0 saturated carbocycles. The third kappa shape index (κ3) is 3.10. The summed E-state index contributed by atoms with van der Waals surface area (Å²) in [5, 5.41) is 27.5. The number of benzene rings is 1. The van der Waals surface area contributed by atoms with Crippen LogP contribution in [0, 0.1) is 0 Å². The van der Waals surface area contributed by atoms with Crippen molar-refractivity contribution < 1.29 is 25.5 Å². The zero-order valence-corrected chi connectivity index (χ0v) is 8.21. The van der Waals surface area contributed by atoms with Crippen LogP contribution in [0.5, 0.6) is 0 Å². The molecule has 1 amide bonds. The Balaban J connectivity index is 2.91. The van der Waals surface area contributed by atoms with E-state index < -0.39 is 5.91 Å². The zero-order valence-electron chi connectivity index (χ0n) is 8.21. The number of rotatable bonds is 3. The minimum absolute atomic E-state index is 0.369. The van der Waals surface area contributed by atoms with Gasteiger partial charge in [-0.05, 0) is 28.9 Å². The molecule has 16 heavy (non-hydrogen) atoms. The van der Waals surface area contributed by atoms with Gasteiger partial charge in [-0.1, -0.05) is 12.1 Å². The van der Waals surface area contributed by atoms with Gasteiger partial charge < -0.3 is 5.11 Å². The highest BCUT2D eigenvalue weighted by Crippen LogP contribution is 2.06. The van der Waals surface area contributed by atoms with Crippen LogP contribution in [-0.4, -0.2) is 27.3 Å². The maximum absolute atomic E-state index is 10.7. The number of aliphatic hydroxyl groups is 1. The molecule has 6 nitrogen and oxygen atoms in total. The van der Waals surface area contributed by atoms with E-state index in [0.29, 0.717) is 11.1 Å². The van der Waals surface area contributed by atoms with Crippen molar-refractivity contribution in [2.24, 2.45) is 0 Å². The van der Waals surface area contributed by atoms with Crippen molar-refractivity contribution in [1.29, 1.82) is 0 Å². The number of hydroxylamine groups is 1. The Kier molecular flexibility index (Phi) is 4.05. The molecule has 0 fully saturated rings. The number of hydrogen-bond donors (Lipinski definition) is 5. The molecule has 0 atom stereocenters. The maximum Gasteiger partial charge on any atom is 0.413 e. The predicted octanol–water partition coefficient (Wildman–Crippen LogP) is -1.02. The van der Waals surface area contributed by atoms with Crippen LogP contribution in [-0.2, 0) is 4.79 Å².